The molecule has 0 aliphatic heterocycles. The van der Waals surface area contributed by atoms with Crippen LogP contribution in [-0.2, 0) is 11.3 Å². The fraction of sp³-hybridized carbons (Fsp3) is 0.500. The molecular formula is C12H18N2O3. The third-order valence-electron chi connectivity index (χ3n) is 2.59. The molecule has 0 bridgehead atoms. The molecular weight excluding hydrogens is 220 g/mol. The van der Waals surface area contributed by atoms with Gasteiger partial charge < -0.3 is 14.6 Å². The number of carbonyl (C=O) groups is 2. The highest BCUT2D eigenvalue weighted by Crippen LogP contribution is 2.02. The van der Waals surface area contributed by atoms with E-state index in [1.807, 2.05) is 0 Å². The van der Waals surface area contributed by atoms with Gasteiger partial charge in [0.05, 0.1) is 5.56 Å². The first-order valence-electron chi connectivity index (χ1n) is 5.67. The largest absolute Gasteiger partial charge is 0.478 e. The number of carboxylic acid groups (broad SMARTS) is 1. The summed E-state index contributed by atoms with van der Waals surface area (Å²) in [6.45, 7) is 3.00. The lowest BCUT2D eigenvalue weighted by atomic mass is 10.3. The van der Waals surface area contributed by atoms with Gasteiger partial charge in [0.15, 0.2) is 0 Å². The summed E-state index contributed by atoms with van der Waals surface area (Å²) in [4.78, 5) is 24.1. The molecule has 1 aromatic heterocycles. The van der Waals surface area contributed by atoms with E-state index in [4.69, 9.17) is 5.11 Å². The quantitative estimate of drug-likeness (QED) is 0.815. The Morgan fingerprint density at radius 1 is 1.47 bits per heavy atom. The molecule has 0 aliphatic carbocycles. The van der Waals surface area contributed by atoms with Crippen molar-refractivity contribution in [3.63, 3.8) is 0 Å². The maximum absolute atomic E-state index is 11.8. The Kier molecular flexibility index (Phi) is 4.75. The summed E-state index contributed by atoms with van der Waals surface area (Å²) >= 11 is 0. The SMILES string of the molecule is CCCCN(C)C(=O)Cn1ccc(C(=O)O)c1. The fourth-order valence-corrected chi connectivity index (χ4v) is 1.46. The molecule has 0 saturated heterocycles. The molecule has 1 rings (SSSR count). The third kappa shape index (κ3) is 3.94. The van der Waals surface area contributed by atoms with E-state index in [9.17, 15) is 9.59 Å². The second-order valence-corrected chi connectivity index (χ2v) is 4.05. The number of likely N-dealkylation sites (N-methyl/N-ethyl adjacent to an activating group) is 1. The predicted octanol–water partition coefficient (Wildman–Crippen LogP) is 1.44. The summed E-state index contributed by atoms with van der Waals surface area (Å²) in [7, 11) is 1.76. The standard InChI is InChI=1S/C12H18N2O3/c1-3-4-6-13(2)11(15)9-14-7-5-10(8-14)12(16)17/h5,7-8H,3-4,6,9H2,1-2H3,(H,16,17). The molecule has 1 N–H and O–H groups in total. The first kappa shape index (κ1) is 13.3. The molecule has 0 aromatic carbocycles. The lowest BCUT2D eigenvalue weighted by molar-refractivity contribution is -0.130. The number of carboxylic acids is 1. The van der Waals surface area contributed by atoms with Crippen LogP contribution < -0.4 is 0 Å². The second kappa shape index (κ2) is 6.08. The van der Waals surface area contributed by atoms with Crippen LogP contribution in [0, 0.1) is 0 Å². The van der Waals surface area contributed by atoms with E-state index in [2.05, 4.69) is 6.92 Å². The molecule has 94 valence electrons. The molecule has 5 nitrogen and oxygen atoms in total. The lowest BCUT2D eigenvalue weighted by Gasteiger charge is -2.16. The Morgan fingerprint density at radius 2 is 2.18 bits per heavy atom. The Morgan fingerprint density at radius 3 is 2.71 bits per heavy atom. The average molecular weight is 238 g/mol. The molecule has 1 aromatic rings. The minimum Gasteiger partial charge on any atom is -0.478 e. The molecule has 1 amide bonds. The first-order chi connectivity index (χ1) is 8.04. The second-order valence-electron chi connectivity index (χ2n) is 4.05. The van der Waals surface area contributed by atoms with Gasteiger partial charge in [-0.1, -0.05) is 13.3 Å². The minimum absolute atomic E-state index is 0.00834. The molecule has 0 spiro atoms. The van der Waals surface area contributed by atoms with Gasteiger partial charge >= 0.3 is 5.97 Å². The maximum Gasteiger partial charge on any atom is 0.337 e. The van der Waals surface area contributed by atoms with Crippen molar-refractivity contribution in [2.75, 3.05) is 13.6 Å². The number of carbonyl (C=O) groups excluding carboxylic acids is 1. The summed E-state index contributed by atoms with van der Waals surface area (Å²) in [5.74, 6) is -0.985. The highest BCUT2D eigenvalue weighted by atomic mass is 16.4. The van der Waals surface area contributed by atoms with E-state index >= 15 is 0 Å². The zero-order valence-electron chi connectivity index (χ0n) is 10.2. The Labute approximate surface area is 101 Å². The number of amides is 1. The number of aromatic carboxylic acids is 1. The van der Waals surface area contributed by atoms with Gasteiger partial charge in [0, 0.05) is 26.0 Å². The molecule has 0 radical (unpaired) electrons. The zero-order chi connectivity index (χ0) is 12.8. The van der Waals surface area contributed by atoms with Gasteiger partial charge in [-0.15, -0.1) is 0 Å². The summed E-state index contributed by atoms with van der Waals surface area (Å²) in [6, 6.07) is 1.49. The highest BCUT2D eigenvalue weighted by Gasteiger charge is 2.10. The molecule has 0 saturated carbocycles. The molecule has 0 fully saturated rings. The first-order valence-corrected chi connectivity index (χ1v) is 5.67. The van der Waals surface area contributed by atoms with Crippen LogP contribution in [0.25, 0.3) is 0 Å². The van der Waals surface area contributed by atoms with Crippen molar-refractivity contribution in [1.29, 1.82) is 0 Å². The molecule has 5 heteroatoms. The van der Waals surface area contributed by atoms with Crippen LogP contribution in [0.5, 0.6) is 0 Å². The molecule has 0 aliphatic rings. The van der Waals surface area contributed by atoms with Crippen molar-refractivity contribution in [2.45, 2.75) is 26.3 Å². The topological polar surface area (TPSA) is 62.5 Å². The van der Waals surface area contributed by atoms with Gasteiger partial charge in [0.2, 0.25) is 5.91 Å². The Balaban J connectivity index is 2.52. The molecule has 0 atom stereocenters. The van der Waals surface area contributed by atoms with Crippen molar-refractivity contribution in [2.24, 2.45) is 0 Å². The average Bonchev–Trinajstić information content (AvgIpc) is 2.74. The van der Waals surface area contributed by atoms with Crippen LogP contribution in [0.3, 0.4) is 0 Å². The third-order valence-corrected chi connectivity index (χ3v) is 2.59. The summed E-state index contributed by atoms with van der Waals surface area (Å²) in [5.41, 5.74) is 0.203. The maximum atomic E-state index is 11.8. The molecule has 1 heterocycles. The summed E-state index contributed by atoms with van der Waals surface area (Å²) < 4.78 is 1.59. The van der Waals surface area contributed by atoms with Crippen LogP contribution >= 0.6 is 0 Å². The number of nitrogens with zero attached hydrogens (tertiary/aromatic N) is 2. The van der Waals surface area contributed by atoms with Crippen molar-refractivity contribution in [3.05, 3.63) is 24.0 Å². The van der Waals surface area contributed by atoms with E-state index in [0.29, 0.717) is 0 Å². The monoisotopic (exact) mass is 238 g/mol. The number of hydrogen-bond donors (Lipinski definition) is 1. The Hall–Kier alpha value is -1.78. The van der Waals surface area contributed by atoms with E-state index < -0.39 is 5.97 Å². The fourth-order valence-electron chi connectivity index (χ4n) is 1.46. The van der Waals surface area contributed by atoms with Gasteiger partial charge in [-0.3, -0.25) is 4.79 Å². The van der Waals surface area contributed by atoms with Gasteiger partial charge in [0.25, 0.3) is 0 Å². The molecule has 0 unspecified atom stereocenters. The van der Waals surface area contributed by atoms with Gasteiger partial charge in [0.1, 0.15) is 6.54 Å². The van der Waals surface area contributed by atoms with Crippen LogP contribution in [0.1, 0.15) is 30.1 Å². The van der Waals surface area contributed by atoms with Crippen molar-refractivity contribution < 1.29 is 14.7 Å². The number of aromatic nitrogens is 1. The number of rotatable bonds is 6. The number of unbranched alkanes of at least 4 members (excludes halogenated alkanes) is 1. The predicted molar refractivity (Wildman–Crippen MR) is 63.9 cm³/mol. The van der Waals surface area contributed by atoms with Crippen molar-refractivity contribution >= 4 is 11.9 Å². The summed E-state index contributed by atoms with van der Waals surface area (Å²) in [5, 5.41) is 8.75. The van der Waals surface area contributed by atoms with Gasteiger partial charge in [-0.2, -0.15) is 0 Å². The van der Waals surface area contributed by atoms with Crippen molar-refractivity contribution in [1.82, 2.24) is 9.47 Å². The van der Waals surface area contributed by atoms with E-state index in [0.717, 1.165) is 19.4 Å². The van der Waals surface area contributed by atoms with Crippen LogP contribution in [0.15, 0.2) is 18.5 Å². The van der Waals surface area contributed by atoms with Crippen molar-refractivity contribution in [3.8, 4) is 0 Å². The van der Waals surface area contributed by atoms with Gasteiger partial charge in [-0.25, -0.2) is 4.79 Å². The van der Waals surface area contributed by atoms with Crippen LogP contribution in [0.2, 0.25) is 0 Å². The van der Waals surface area contributed by atoms with E-state index in [1.165, 1.54) is 12.3 Å². The molecule has 17 heavy (non-hydrogen) atoms. The smallest absolute Gasteiger partial charge is 0.337 e. The minimum atomic E-state index is -0.976. The zero-order valence-corrected chi connectivity index (χ0v) is 10.2. The van der Waals surface area contributed by atoms with Crippen LogP contribution in [-0.4, -0.2) is 40.0 Å². The summed E-state index contributed by atoms with van der Waals surface area (Å²) in [6.07, 6.45) is 5.10. The normalized spacial score (nSPS) is 10.2. The van der Waals surface area contributed by atoms with Gasteiger partial charge in [-0.05, 0) is 12.5 Å². The Bertz CT molecular complexity index is 398. The van der Waals surface area contributed by atoms with E-state index in [-0.39, 0.29) is 18.0 Å². The van der Waals surface area contributed by atoms with E-state index in [1.54, 1.807) is 22.7 Å². The number of hydrogen-bond acceptors (Lipinski definition) is 2. The van der Waals surface area contributed by atoms with Crippen LogP contribution in [0.4, 0.5) is 0 Å². The highest BCUT2D eigenvalue weighted by molar-refractivity contribution is 5.87. The lowest BCUT2D eigenvalue weighted by Crippen LogP contribution is -2.30.